The van der Waals surface area contributed by atoms with E-state index in [9.17, 15) is 10.1 Å². The van der Waals surface area contributed by atoms with Crippen LogP contribution in [0.1, 0.15) is 46.6 Å². The van der Waals surface area contributed by atoms with Crippen molar-refractivity contribution >= 4 is 11.7 Å². The van der Waals surface area contributed by atoms with Gasteiger partial charge in [0.1, 0.15) is 17.4 Å². The summed E-state index contributed by atoms with van der Waals surface area (Å²) in [5.41, 5.74) is 4.10. The van der Waals surface area contributed by atoms with Gasteiger partial charge in [-0.05, 0) is 43.0 Å². The molecule has 152 valence electrons. The van der Waals surface area contributed by atoms with Crippen LogP contribution in [0.25, 0.3) is 0 Å². The lowest BCUT2D eigenvalue weighted by Gasteiger charge is -2.35. The van der Waals surface area contributed by atoms with Gasteiger partial charge in [-0.15, -0.1) is 5.10 Å². The lowest BCUT2D eigenvalue weighted by atomic mass is 10.0. The molecule has 0 saturated carbocycles. The molecule has 7 heteroatoms. The molecule has 1 aromatic heterocycles. The van der Waals surface area contributed by atoms with Crippen molar-refractivity contribution in [3.8, 4) is 11.8 Å². The monoisotopic (exact) mass is 393 g/mol. The molecular formula is C22H27N5O2. The molecule has 2 aromatic rings. The molecule has 0 bridgehead atoms. The molecular weight excluding hydrogens is 366 g/mol. The van der Waals surface area contributed by atoms with Gasteiger partial charge in [0.25, 0.3) is 5.91 Å². The Morgan fingerprint density at radius 1 is 1.17 bits per heavy atom. The number of rotatable bonds is 5. The molecule has 29 heavy (non-hydrogen) atoms. The summed E-state index contributed by atoms with van der Waals surface area (Å²) in [7, 11) is 1.61. The summed E-state index contributed by atoms with van der Waals surface area (Å²) < 4.78 is 5.34. The molecule has 7 nitrogen and oxygen atoms in total. The molecule has 1 amide bonds. The second kappa shape index (κ2) is 8.91. The average Bonchev–Trinajstić information content (AvgIpc) is 2.77. The summed E-state index contributed by atoms with van der Waals surface area (Å²) in [5, 5.41) is 18.4. The Kier molecular flexibility index (Phi) is 6.32. The second-order valence-corrected chi connectivity index (χ2v) is 7.11. The van der Waals surface area contributed by atoms with Crippen molar-refractivity contribution in [3.63, 3.8) is 0 Å². The Bertz CT molecular complexity index is 943. The van der Waals surface area contributed by atoms with E-state index in [4.69, 9.17) is 4.74 Å². The van der Waals surface area contributed by atoms with Gasteiger partial charge in [0.15, 0.2) is 5.82 Å². The summed E-state index contributed by atoms with van der Waals surface area (Å²) in [6, 6.07) is 7.86. The molecule has 3 rings (SSSR count). The number of hydrogen-bond donors (Lipinski definition) is 0. The number of piperazine rings is 1. The van der Waals surface area contributed by atoms with Crippen LogP contribution in [-0.4, -0.2) is 54.3 Å². The number of ether oxygens (including phenoxy) is 1. The first-order valence-corrected chi connectivity index (χ1v) is 10.0. The number of carbonyl (C=O) groups is 1. The first-order valence-electron chi connectivity index (χ1n) is 10.0. The van der Waals surface area contributed by atoms with Crippen molar-refractivity contribution in [1.29, 1.82) is 5.26 Å². The fraction of sp³-hybridized carbons (Fsp3) is 0.455. The van der Waals surface area contributed by atoms with Crippen molar-refractivity contribution in [1.82, 2.24) is 15.1 Å². The van der Waals surface area contributed by atoms with Crippen molar-refractivity contribution in [2.45, 2.75) is 33.6 Å². The van der Waals surface area contributed by atoms with Gasteiger partial charge in [0, 0.05) is 31.7 Å². The van der Waals surface area contributed by atoms with E-state index in [0.29, 0.717) is 48.9 Å². The SMILES string of the molecule is CCc1nnc(N2CCN(C(=O)c3ccc(C)c(OC)c3)CC2)c(C#N)c1CC. The van der Waals surface area contributed by atoms with Crippen molar-refractivity contribution in [2.75, 3.05) is 38.2 Å². The van der Waals surface area contributed by atoms with E-state index in [1.54, 1.807) is 13.2 Å². The number of amides is 1. The zero-order valence-corrected chi connectivity index (χ0v) is 17.5. The standard InChI is InChI=1S/C22H27N5O2/c1-5-17-18(14-23)21(25-24-19(17)6-2)26-9-11-27(12-10-26)22(28)16-8-7-15(3)20(13-16)29-4/h7-8,13H,5-6,9-12H2,1-4H3. The molecule has 0 radical (unpaired) electrons. The molecule has 0 N–H and O–H groups in total. The fourth-order valence-corrected chi connectivity index (χ4v) is 3.76. The lowest BCUT2D eigenvalue weighted by Crippen LogP contribution is -2.49. The van der Waals surface area contributed by atoms with Crippen LogP contribution in [0.2, 0.25) is 0 Å². The number of methoxy groups -OCH3 is 1. The van der Waals surface area contributed by atoms with Gasteiger partial charge < -0.3 is 14.5 Å². The zero-order valence-electron chi connectivity index (χ0n) is 17.5. The number of nitriles is 1. The molecule has 1 aliphatic heterocycles. The highest BCUT2D eigenvalue weighted by Gasteiger charge is 2.26. The van der Waals surface area contributed by atoms with Crippen LogP contribution in [0.15, 0.2) is 18.2 Å². The van der Waals surface area contributed by atoms with Gasteiger partial charge in [-0.1, -0.05) is 19.9 Å². The van der Waals surface area contributed by atoms with Crippen LogP contribution in [0.5, 0.6) is 5.75 Å². The van der Waals surface area contributed by atoms with Gasteiger partial charge in [-0.2, -0.15) is 10.4 Å². The third-order valence-corrected chi connectivity index (χ3v) is 5.46. The largest absolute Gasteiger partial charge is 0.496 e. The Morgan fingerprint density at radius 3 is 2.48 bits per heavy atom. The van der Waals surface area contributed by atoms with Crippen LogP contribution in [0.4, 0.5) is 5.82 Å². The van der Waals surface area contributed by atoms with Crippen LogP contribution in [0.3, 0.4) is 0 Å². The number of carbonyl (C=O) groups excluding carboxylic acids is 1. The van der Waals surface area contributed by atoms with Gasteiger partial charge in [-0.25, -0.2) is 0 Å². The summed E-state index contributed by atoms with van der Waals surface area (Å²) in [5.74, 6) is 1.34. The number of hydrogen-bond acceptors (Lipinski definition) is 6. The normalized spacial score (nSPS) is 13.9. The summed E-state index contributed by atoms with van der Waals surface area (Å²) >= 11 is 0. The van der Waals surface area contributed by atoms with Gasteiger partial charge in [-0.3, -0.25) is 4.79 Å². The second-order valence-electron chi connectivity index (χ2n) is 7.11. The summed E-state index contributed by atoms with van der Waals surface area (Å²) in [4.78, 5) is 16.8. The Balaban J connectivity index is 1.76. The minimum Gasteiger partial charge on any atom is -0.496 e. The van der Waals surface area contributed by atoms with E-state index in [1.807, 2.05) is 37.8 Å². The summed E-state index contributed by atoms with van der Waals surface area (Å²) in [6.45, 7) is 8.38. The molecule has 2 heterocycles. The van der Waals surface area contributed by atoms with E-state index in [-0.39, 0.29) is 5.91 Å². The van der Waals surface area contributed by atoms with Crippen molar-refractivity contribution < 1.29 is 9.53 Å². The number of aryl methyl sites for hydroxylation is 2. The highest BCUT2D eigenvalue weighted by Crippen LogP contribution is 2.25. The van der Waals surface area contributed by atoms with Crippen molar-refractivity contribution in [3.05, 3.63) is 46.1 Å². The molecule has 0 spiro atoms. The fourth-order valence-electron chi connectivity index (χ4n) is 3.76. The Hall–Kier alpha value is -3.14. The summed E-state index contributed by atoms with van der Waals surface area (Å²) in [6.07, 6.45) is 1.51. The number of anilines is 1. The zero-order chi connectivity index (χ0) is 21.0. The van der Waals surface area contributed by atoms with Gasteiger partial charge >= 0.3 is 0 Å². The topological polar surface area (TPSA) is 82.3 Å². The molecule has 0 atom stereocenters. The van der Waals surface area contributed by atoms with Crippen LogP contribution < -0.4 is 9.64 Å². The van der Waals surface area contributed by atoms with E-state index in [1.165, 1.54) is 0 Å². The highest BCUT2D eigenvalue weighted by molar-refractivity contribution is 5.95. The first kappa shape index (κ1) is 20.6. The van der Waals surface area contributed by atoms with E-state index < -0.39 is 0 Å². The van der Waals surface area contributed by atoms with E-state index in [0.717, 1.165) is 29.7 Å². The van der Waals surface area contributed by atoms with Gasteiger partial charge in [0.05, 0.1) is 12.8 Å². The van der Waals surface area contributed by atoms with Crippen LogP contribution in [-0.2, 0) is 12.8 Å². The predicted molar refractivity (Wildman–Crippen MR) is 111 cm³/mol. The Morgan fingerprint density at radius 2 is 1.90 bits per heavy atom. The maximum Gasteiger partial charge on any atom is 0.254 e. The number of aromatic nitrogens is 2. The third-order valence-electron chi connectivity index (χ3n) is 5.46. The van der Waals surface area contributed by atoms with E-state index >= 15 is 0 Å². The molecule has 0 unspecified atom stereocenters. The maximum absolute atomic E-state index is 12.9. The number of nitrogens with zero attached hydrogens (tertiary/aromatic N) is 5. The highest BCUT2D eigenvalue weighted by atomic mass is 16.5. The lowest BCUT2D eigenvalue weighted by molar-refractivity contribution is 0.0746. The molecule has 1 aromatic carbocycles. The van der Waals surface area contributed by atoms with E-state index in [2.05, 4.69) is 21.2 Å². The molecule has 0 aliphatic carbocycles. The molecule has 1 saturated heterocycles. The minimum absolute atomic E-state index is 0.00915. The molecule has 1 fully saturated rings. The average molecular weight is 393 g/mol. The van der Waals surface area contributed by atoms with Crippen LogP contribution >= 0.6 is 0 Å². The minimum atomic E-state index is -0.00915. The quantitative estimate of drug-likeness (QED) is 0.777. The maximum atomic E-state index is 12.9. The smallest absolute Gasteiger partial charge is 0.254 e. The number of benzene rings is 1. The predicted octanol–water partition coefficient (Wildman–Crippen LogP) is 2.75. The van der Waals surface area contributed by atoms with Crippen LogP contribution in [0, 0.1) is 18.3 Å². The molecule has 1 aliphatic rings. The Labute approximate surface area is 171 Å². The first-order chi connectivity index (χ1) is 14.0. The van der Waals surface area contributed by atoms with Crippen molar-refractivity contribution in [2.24, 2.45) is 0 Å². The van der Waals surface area contributed by atoms with Gasteiger partial charge in [0.2, 0.25) is 0 Å². The third kappa shape index (κ3) is 4.02.